The molecule has 2 saturated heterocycles. The largest absolute Gasteiger partial charge is 0.390 e. The second kappa shape index (κ2) is 15.7. The van der Waals surface area contributed by atoms with Crippen molar-refractivity contribution in [3.05, 3.63) is 65.4 Å². The van der Waals surface area contributed by atoms with Gasteiger partial charge in [0.25, 0.3) is 0 Å². The number of hydrogen-bond acceptors (Lipinski definition) is 13. The summed E-state index contributed by atoms with van der Waals surface area (Å²) in [4.78, 5) is 33.5. The zero-order chi connectivity index (χ0) is 32.5. The van der Waals surface area contributed by atoms with E-state index in [0.29, 0.717) is 55.1 Å². The number of rotatable bonds is 7. The second-order valence-corrected chi connectivity index (χ2v) is 11.0. The summed E-state index contributed by atoms with van der Waals surface area (Å²) in [7, 11) is 0. The number of morpholine rings is 2. The summed E-state index contributed by atoms with van der Waals surface area (Å²) in [5.41, 5.74) is 2.45. The zero-order valence-electron chi connectivity index (χ0n) is 25.5. The lowest BCUT2D eigenvalue weighted by Gasteiger charge is -2.34. The van der Waals surface area contributed by atoms with Crippen molar-refractivity contribution in [3.8, 4) is 11.4 Å². The molecule has 2 aliphatic heterocycles. The molecule has 1 aromatic carbocycles. The zero-order valence-corrected chi connectivity index (χ0v) is 26.2. The van der Waals surface area contributed by atoms with Crippen LogP contribution in [0.2, 0.25) is 5.28 Å². The minimum absolute atomic E-state index is 0.131. The molecule has 16 heteroatoms. The molecule has 244 valence electrons. The molecule has 5 heterocycles. The topological polar surface area (TPSA) is 184 Å². The number of halogens is 1. The fourth-order valence-electron chi connectivity index (χ4n) is 4.91. The molecule has 2 atom stereocenters. The van der Waals surface area contributed by atoms with Crippen molar-refractivity contribution in [3.63, 3.8) is 0 Å². The van der Waals surface area contributed by atoms with Gasteiger partial charge in [0.1, 0.15) is 17.9 Å². The van der Waals surface area contributed by atoms with Crippen molar-refractivity contribution in [2.45, 2.75) is 39.1 Å². The number of carbonyl (C=O) groups excluding carboxylic acids is 1. The molecule has 0 unspecified atom stereocenters. The second-order valence-electron chi connectivity index (χ2n) is 10.6. The Kier molecular flexibility index (Phi) is 11.3. The van der Waals surface area contributed by atoms with E-state index in [1.807, 2.05) is 12.1 Å². The Labute approximate surface area is 270 Å². The van der Waals surface area contributed by atoms with Crippen LogP contribution in [0.25, 0.3) is 11.4 Å². The van der Waals surface area contributed by atoms with E-state index in [4.69, 9.17) is 31.2 Å². The SMILES string of the molecule is C[C@H]1COCCN1c1cc(CO)nc(-c2ccc(NC(=O)Nc3ccon3)cc2)n1.C[C@H]1COCCN1c1cc(CO)nc(Cl)n1. The highest BCUT2D eigenvalue weighted by Gasteiger charge is 2.23. The number of carbonyl (C=O) groups is 1. The Balaban J connectivity index is 0.000000219. The average molecular weight is 654 g/mol. The van der Waals surface area contributed by atoms with Gasteiger partial charge in [-0.2, -0.15) is 0 Å². The molecule has 0 spiro atoms. The predicted octanol–water partition coefficient (Wildman–Crippen LogP) is 3.34. The molecular formula is C30H36ClN9O6. The highest BCUT2D eigenvalue weighted by molar-refractivity contribution is 6.28. The van der Waals surface area contributed by atoms with Crippen LogP contribution in [0, 0.1) is 0 Å². The van der Waals surface area contributed by atoms with Crippen LogP contribution in [-0.4, -0.2) is 92.9 Å². The average Bonchev–Trinajstić information content (AvgIpc) is 3.58. The number of anilines is 4. The molecule has 0 bridgehead atoms. The summed E-state index contributed by atoms with van der Waals surface area (Å²) in [5, 5.41) is 27.8. The van der Waals surface area contributed by atoms with Crippen LogP contribution >= 0.6 is 11.6 Å². The summed E-state index contributed by atoms with van der Waals surface area (Å²) in [6.07, 6.45) is 1.37. The van der Waals surface area contributed by atoms with Gasteiger partial charge in [-0.15, -0.1) is 0 Å². The third-order valence-electron chi connectivity index (χ3n) is 7.23. The monoisotopic (exact) mass is 653 g/mol. The van der Waals surface area contributed by atoms with E-state index in [9.17, 15) is 9.90 Å². The van der Waals surface area contributed by atoms with Gasteiger partial charge in [0.15, 0.2) is 11.6 Å². The Morgan fingerprint density at radius 2 is 1.48 bits per heavy atom. The Morgan fingerprint density at radius 3 is 2.04 bits per heavy atom. The van der Waals surface area contributed by atoms with E-state index in [1.165, 1.54) is 6.26 Å². The number of benzene rings is 1. The van der Waals surface area contributed by atoms with E-state index >= 15 is 0 Å². The first-order valence-corrected chi connectivity index (χ1v) is 15.1. The lowest BCUT2D eigenvalue weighted by atomic mass is 10.2. The van der Waals surface area contributed by atoms with Crippen molar-refractivity contribution >= 4 is 40.8 Å². The number of aliphatic hydroxyl groups is 2. The molecular weight excluding hydrogens is 618 g/mol. The number of amides is 2. The van der Waals surface area contributed by atoms with Crippen molar-refractivity contribution in [2.75, 3.05) is 60.0 Å². The summed E-state index contributed by atoms with van der Waals surface area (Å²) in [5.74, 6) is 2.34. The van der Waals surface area contributed by atoms with Crippen LogP contribution in [0.15, 0.2) is 53.3 Å². The summed E-state index contributed by atoms with van der Waals surface area (Å²) in [6.45, 7) is 7.95. The third kappa shape index (κ3) is 8.64. The van der Waals surface area contributed by atoms with E-state index in [1.54, 1.807) is 30.3 Å². The van der Waals surface area contributed by atoms with Gasteiger partial charge in [0, 0.05) is 42.5 Å². The highest BCUT2D eigenvalue weighted by Crippen LogP contribution is 2.25. The lowest BCUT2D eigenvalue weighted by molar-refractivity contribution is 0.0984. The third-order valence-corrected chi connectivity index (χ3v) is 7.40. The maximum Gasteiger partial charge on any atom is 0.324 e. The number of ether oxygens (including phenoxy) is 2. The molecule has 0 saturated carbocycles. The summed E-state index contributed by atoms with van der Waals surface area (Å²) in [6, 6.07) is 12.2. The van der Waals surface area contributed by atoms with Crippen LogP contribution in [0.3, 0.4) is 0 Å². The van der Waals surface area contributed by atoms with Gasteiger partial charge in [-0.1, -0.05) is 5.16 Å². The first kappa shape index (κ1) is 33.0. The minimum atomic E-state index is -0.432. The van der Waals surface area contributed by atoms with E-state index in [2.05, 4.69) is 58.9 Å². The van der Waals surface area contributed by atoms with Gasteiger partial charge < -0.3 is 39.3 Å². The molecule has 2 fully saturated rings. The van der Waals surface area contributed by atoms with Gasteiger partial charge in [0.2, 0.25) is 5.28 Å². The number of hydrogen-bond donors (Lipinski definition) is 4. The van der Waals surface area contributed by atoms with E-state index in [0.717, 1.165) is 30.3 Å². The first-order chi connectivity index (χ1) is 22.3. The van der Waals surface area contributed by atoms with Crippen LogP contribution in [0.4, 0.5) is 27.9 Å². The number of urea groups is 1. The molecule has 2 amide bonds. The van der Waals surface area contributed by atoms with E-state index in [-0.39, 0.29) is 30.6 Å². The molecule has 3 aromatic heterocycles. The van der Waals surface area contributed by atoms with Crippen molar-refractivity contribution < 1.29 is 29.0 Å². The fourth-order valence-corrected chi connectivity index (χ4v) is 5.11. The predicted molar refractivity (Wildman–Crippen MR) is 171 cm³/mol. The van der Waals surface area contributed by atoms with E-state index < -0.39 is 6.03 Å². The lowest BCUT2D eigenvalue weighted by Crippen LogP contribution is -2.44. The molecule has 46 heavy (non-hydrogen) atoms. The van der Waals surface area contributed by atoms with Gasteiger partial charge in [-0.25, -0.2) is 24.7 Å². The molecule has 2 aliphatic rings. The Hall–Kier alpha value is -4.41. The Morgan fingerprint density at radius 1 is 0.870 bits per heavy atom. The molecule has 4 N–H and O–H groups in total. The number of aromatic nitrogens is 5. The van der Waals surface area contributed by atoms with Crippen molar-refractivity contribution in [1.29, 1.82) is 0 Å². The molecule has 4 aromatic rings. The maximum absolute atomic E-state index is 12.0. The molecule has 6 rings (SSSR count). The highest BCUT2D eigenvalue weighted by atomic mass is 35.5. The van der Waals surface area contributed by atoms with Crippen LogP contribution in [-0.2, 0) is 22.7 Å². The number of aliphatic hydroxyl groups excluding tert-OH is 2. The smallest absolute Gasteiger partial charge is 0.324 e. The normalized spacial score (nSPS) is 18.0. The number of nitrogens with one attached hydrogen (secondary N) is 2. The van der Waals surface area contributed by atoms with Gasteiger partial charge in [-0.3, -0.25) is 5.32 Å². The van der Waals surface area contributed by atoms with Crippen LogP contribution in [0.5, 0.6) is 0 Å². The van der Waals surface area contributed by atoms with Crippen molar-refractivity contribution in [2.24, 2.45) is 0 Å². The fraction of sp³-hybridized carbons (Fsp3) is 0.400. The van der Waals surface area contributed by atoms with Gasteiger partial charge >= 0.3 is 6.03 Å². The maximum atomic E-state index is 12.0. The molecule has 0 radical (unpaired) electrons. The van der Waals surface area contributed by atoms with Crippen molar-refractivity contribution in [1.82, 2.24) is 25.1 Å². The van der Waals surface area contributed by atoms with Gasteiger partial charge in [0.05, 0.1) is 63.1 Å². The number of nitrogens with zero attached hydrogens (tertiary/aromatic N) is 7. The quantitative estimate of drug-likeness (QED) is 0.213. The molecule has 0 aliphatic carbocycles. The Bertz CT molecular complexity index is 1580. The van der Waals surface area contributed by atoms with Crippen LogP contribution in [0.1, 0.15) is 25.2 Å². The van der Waals surface area contributed by atoms with Crippen LogP contribution < -0.4 is 20.4 Å². The van der Waals surface area contributed by atoms with Gasteiger partial charge in [-0.05, 0) is 49.7 Å². The minimum Gasteiger partial charge on any atom is -0.390 e. The standard InChI is InChI=1S/C20H22N6O4.C10H14ClN3O2/c1-13-12-29-9-7-26(13)18-10-16(11-27)21-19(24-18)14-2-4-15(5-3-14)22-20(28)23-17-6-8-30-25-17;1-7-6-16-3-2-14(7)9-4-8(5-15)12-10(11)13-9/h2-6,8,10,13,27H,7,9,11-12H2,1H3,(H2,22,23,25,28);4,7,15H,2-3,5-6H2,1H3/t13-;7-/m00/s1. The summed E-state index contributed by atoms with van der Waals surface area (Å²) >= 11 is 5.80. The molecule has 15 nitrogen and oxygen atoms in total. The first-order valence-electron chi connectivity index (χ1n) is 14.7. The summed E-state index contributed by atoms with van der Waals surface area (Å²) < 4.78 is 15.5.